The average Bonchev–Trinajstić information content (AvgIpc) is 2.51. The molecule has 0 spiro atoms. The van der Waals surface area contributed by atoms with Gasteiger partial charge < -0.3 is 15.5 Å². The van der Waals surface area contributed by atoms with Crippen molar-refractivity contribution < 1.29 is 19.3 Å². The van der Waals surface area contributed by atoms with Crippen LogP contribution in [0.4, 0.5) is 0 Å². The Morgan fingerprint density at radius 1 is 1.12 bits per heavy atom. The first kappa shape index (κ1) is 22.8. The molecule has 0 aliphatic heterocycles. The van der Waals surface area contributed by atoms with Gasteiger partial charge in [-0.05, 0) is 18.8 Å². The van der Waals surface area contributed by atoms with Gasteiger partial charge in [-0.1, -0.05) is 20.8 Å². The molecular weight excluding hydrogens is 328 g/mol. The topological polar surface area (TPSA) is 127 Å². The quantitative estimate of drug-likeness (QED) is 0.428. The van der Waals surface area contributed by atoms with Crippen LogP contribution in [0.3, 0.4) is 0 Å². The summed E-state index contributed by atoms with van der Waals surface area (Å²) in [6.07, 6.45) is 1.11. The maximum absolute atomic E-state index is 12.8. The molecule has 0 saturated heterocycles. The van der Waals surface area contributed by atoms with Crippen molar-refractivity contribution in [2.75, 3.05) is 20.6 Å². The number of primary amides is 1. The zero-order valence-electron chi connectivity index (χ0n) is 15.7. The lowest BCUT2D eigenvalue weighted by Crippen LogP contribution is -2.54. The van der Waals surface area contributed by atoms with E-state index in [1.807, 2.05) is 20.8 Å². The summed E-state index contributed by atoms with van der Waals surface area (Å²) >= 11 is 0. The van der Waals surface area contributed by atoms with Gasteiger partial charge in [-0.25, -0.2) is 0 Å². The number of nitrogens with two attached hydrogens (primary N) is 1. The molecule has 2 atom stereocenters. The Kier molecular flexibility index (Phi) is 9.70. The van der Waals surface area contributed by atoms with Crippen LogP contribution >= 0.6 is 0 Å². The van der Waals surface area contributed by atoms with Crippen molar-refractivity contribution in [3.63, 3.8) is 0 Å². The highest BCUT2D eigenvalue weighted by atomic mass is 16.6. The number of amides is 3. The maximum atomic E-state index is 12.8. The minimum Gasteiger partial charge on any atom is -0.368 e. The Labute approximate surface area is 148 Å². The van der Waals surface area contributed by atoms with Gasteiger partial charge in [0.25, 0.3) is 0 Å². The lowest BCUT2D eigenvalue weighted by molar-refractivity contribution is -0.481. The largest absolute Gasteiger partial charge is 0.368 e. The van der Waals surface area contributed by atoms with Crippen molar-refractivity contribution in [3.8, 4) is 0 Å². The van der Waals surface area contributed by atoms with Crippen LogP contribution in [-0.4, -0.2) is 65.2 Å². The van der Waals surface area contributed by atoms with Gasteiger partial charge in [-0.2, -0.15) is 0 Å². The zero-order chi connectivity index (χ0) is 19.7. The van der Waals surface area contributed by atoms with Crippen molar-refractivity contribution in [1.82, 2.24) is 9.80 Å². The van der Waals surface area contributed by atoms with Gasteiger partial charge >= 0.3 is 0 Å². The highest BCUT2D eigenvalue weighted by Gasteiger charge is 2.34. The fourth-order valence-corrected chi connectivity index (χ4v) is 2.57. The molecule has 0 aliphatic carbocycles. The van der Waals surface area contributed by atoms with Crippen LogP contribution < -0.4 is 5.73 Å². The Bertz CT molecular complexity index is 495. The predicted octanol–water partition coefficient (Wildman–Crippen LogP) is 0.639. The summed E-state index contributed by atoms with van der Waals surface area (Å²) in [5, 5.41) is 10.7. The Hall–Kier alpha value is -2.19. The molecule has 0 aromatic rings. The molecule has 0 aromatic heterocycles. The maximum Gasteiger partial charge on any atom is 0.246 e. The fourth-order valence-electron chi connectivity index (χ4n) is 2.57. The number of hydrogen-bond acceptors (Lipinski definition) is 5. The van der Waals surface area contributed by atoms with Crippen molar-refractivity contribution in [2.45, 2.75) is 58.5 Å². The minimum absolute atomic E-state index is 0.116. The number of likely N-dealkylation sites (N-methyl/N-ethyl adjacent to an activating group) is 2. The summed E-state index contributed by atoms with van der Waals surface area (Å²) in [5.74, 6) is -1.29. The van der Waals surface area contributed by atoms with E-state index >= 15 is 0 Å². The third-order valence-electron chi connectivity index (χ3n) is 4.03. The van der Waals surface area contributed by atoms with E-state index in [1.165, 1.54) is 23.9 Å². The normalized spacial score (nSPS) is 13.2. The Morgan fingerprint density at radius 3 is 2.08 bits per heavy atom. The molecule has 0 radical (unpaired) electrons. The van der Waals surface area contributed by atoms with Gasteiger partial charge in [0.05, 0.1) is 0 Å². The highest BCUT2D eigenvalue weighted by Crippen LogP contribution is 2.15. The van der Waals surface area contributed by atoms with Crippen LogP contribution in [0.1, 0.15) is 46.5 Å². The first-order valence-corrected chi connectivity index (χ1v) is 8.46. The SMILES string of the molecule is CCCC(=O)N(C)C(CC[N+](=O)[O-])C(=O)N(C)[C@@H](CC(C)C)C(N)=O. The second kappa shape index (κ2) is 10.6. The van der Waals surface area contributed by atoms with Gasteiger partial charge in [0.1, 0.15) is 12.1 Å². The molecule has 0 fully saturated rings. The summed E-state index contributed by atoms with van der Waals surface area (Å²) in [7, 11) is 2.90. The molecule has 3 amide bonds. The average molecular weight is 358 g/mol. The lowest BCUT2D eigenvalue weighted by Gasteiger charge is -2.33. The van der Waals surface area contributed by atoms with E-state index in [4.69, 9.17) is 5.73 Å². The van der Waals surface area contributed by atoms with E-state index in [-0.39, 0.29) is 24.7 Å². The van der Waals surface area contributed by atoms with Crippen LogP contribution in [-0.2, 0) is 14.4 Å². The van der Waals surface area contributed by atoms with Crippen molar-refractivity contribution in [1.29, 1.82) is 0 Å². The minimum atomic E-state index is -0.997. The second-order valence-electron chi connectivity index (χ2n) is 6.61. The fraction of sp³-hybridized carbons (Fsp3) is 0.812. The number of carbonyl (C=O) groups excluding carboxylic acids is 3. The molecule has 0 bridgehead atoms. The molecule has 1 unspecified atom stereocenters. The number of hydrogen-bond donors (Lipinski definition) is 1. The molecule has 144 valence electrons. The number of rotatable bonds is 11. The summed E-state index contributed by atoms with van der Waals surface area (Å²) in [6.45, 7) is 5.18. The molecule has 0 aromatic carbocycles. The number of nitrogens with zero attached hydrogens (tertiary/aromatic N) is 3. The third kappa shape index (κ3) is 7.49. The number of nitro groups is 1. The molecule has 25 heavy (non-hydrogen) atoms. The van der Waals surface area contributed by atoms with Gasteiger partial charge in [-0.3, -0.25) is 24.5 Å². The smallest absolute Gasteiger partial charge is 0.246 e. The van der Waals surface area contributed by atoms with E-state index in [0.717, 1.165) is 0 Å². The van der Waals surface area contributed by atoms with Gasteiger partial charge in [0, 0.05) is 31.9 Å². The van der Waals surface area contributed by atoms with E-state index in [1.54, 1.807) is 0 Å². The highest BCUT2D eigenvalue weighted by molar-refractivity contribution is 5.91. The van der Waals surface area contributed by atoms with Crippen LogP contribution in [0.2, 0.25) is 0 Å². The monoisotopic (exact) mass is 358 g/mol. The van der Waals surface area contributed by atoms with Crippen LogP contribution in [0.5, 0.6) is 0 Å². The Morgan fingerprint density at radius 2 is 1.68 bits per heavy atom. The summed E-state index contributed by atoms with van der Waals surface area (Å²) in [5.41, 5.74) is 5.41. The molecule has 9 nitrogen and oxygen atoms in total. The van der Waals surface area contributed by atoms with Gasteiger partial charge in [-0.15, -0.1) is 0 Å². The molecule has 0 aliphatic rings. The summed E-state index contributed by atoms with van der Waals surface area (Å²) < 4.78 is 0. The number of carbonyl (C=O) groups is 3. The summed E-state index contributed by atoms with van der Waals surface area (Å²) in [6, 6.07) is -1.82. The first-order chi connectivity index (χ1) is 11.5. The molecular formula is C16H30N4O5. The standard InChI is InChI=1S/C16H30N4O5/c1-6-7-14(21)18(4)12(8-9-20(24)25)16(23)19(5)13(15(17)22)10-11(2)3/h11-13H,6-10H2,1-5H3,(H2,17,22)/t12?,13-/m0/s1. The molecule has 9 heteroatoms. The second-order valence-corrected chi connectivity index (χ2v) is 6.61. The van der Waals surface area contributed by atoms with Gasteiger partial charge in [0.2, 0.25) is 24.3 Å². The van der Waals surface area contributed by atoms with Crippen molar-refractivity contribution in [2.24, 2.45) is 11.7 Å². The van der Waals surface area contributed by atoms with E-state index in [9.17, 15) is 24.5 Å². The van der Waals surface area contributed by atoms with Crippen LogP contribution in [0.25, 0.3) is 0 Å². The van der Waals surface area contributed by atoms with E-state index in [0.29, 0.717) is 12.8 Å². The van der Waals surface area contributed by atoms with Crippen LogP contribution in [0, 0.1) is 16.0 Å². The summed E-state index contributed by atoms with van der Waals surface area (Å²) in [4.78, 5) is 49.3. The first-order valence-electron chi connectivity index (χ1n) is 8.46. The van der Waals surface area contributed by atoms with Gasteiger partial charge in [0.15, 0.2) is 0 Å². The van der Waals surface area contributed by atoms with E-state index < -0.39 is 35.4 Å². The zero-order valence-corrected chi connectivity index (χ0v) is 15.7. The van der Waals surface area contributed by atoms with Crippen molar-refractivity contribution in [3.05, 3.63) is 10.1 Å². The van der Waals surface area contributed by atoms with Crippen molar-refractivity contribution >= 4 is 17.7 Å². The molecule has 2 N–H and O–H groups in total. The van der Waals surface area contributed by atoms with Crippen LogP contribution in [0.15, 0.2) is 0 Å². The molecule has 0 rings (SSSR count). The van der Waals surface area contributed by atoms with E-state index in [2.05, 4.69) is 0 Å². The molecule has 0 saturated carbocycles. The molecule has 0 heterocycles. The predicted molar refractivity (Wildman–Crippen MR) is 93.2 cm³/mol. The Balaban J connectivity index is 5.44. The lowest BCUT2D eigenvalue weighted by atomic mass is 10.0. The third-order valence-corrected chi connectivity index (χ3v) is 4.03.